The molecule has 0 unspecified atom stereocenters. The van der Waals surface area contributed by atoms with E-state index < -0.39 is 11.8 Å². The number of aliphatic hydroxyl groups excluding tert-OH is 1. The van der Waals surface area contributed by atoms with Crippen molar-refractivity contribution in [2.24, 2.45) is 5.73 Å². The molecule has 148 valence electrons. The summed E-state index contributed by atoms with van der Waals surface area (Å²) in [7, 11) is 0. The van der Waals surface area contributed by atoms with Gasteiger partial charge in [-0.2, -0.15) is 0 Å². The molecule has 6 N–H and O–H groups in total. The molecule has 0 atom stereocenters. The van der Waals surface area contributed by atoms with E-state index in [1.807, 2.05) is 42.5 Å². The van der Waals surface area contributed by atoms with Gasteiger partial charge < -0.3 is 26.8 Å². The number of hydrogen-bond acceptors (Lipinski definition) is 7. The molecule has 0 spiro atoms. The highest BCUT2D eigenvalue weighted by molar-refractivity contribution is 7.20. The van der Waals surface area contributed by atoms with Crippen LogP contribution in [0.5, 0.6) is 0 Å². The average Bonchev–Trinajstić information content (AvgIpc) is 3.10. The van der Waals surface area contributed by atoms with Crippen LogP contribution in [-0.2, 0) is 4.79 Å². The molecular formula is C20H19N5O3S. The summed E-state index contributed by atoms with van der Waals surface area (Å²) in [6.45, 7) is 0.637. The van der Waals surface area contributed by atoms with Gasteiger partial charge in [-0.25, -0.2) is 4.98 Å². The molecule has 9 heteroatoms. The molecule has 3 rings (SSSR count). The lowest BCUT2D eigenvalue weighted by Crippen LogP contribution is -2.19. The van der Waals surface area contributed by atoms with Gasteiger partial charge in [-0.15, -0.1) is 0 Å². The fraction of sp³-hybridized carbons (Fsp3) is 0.150. The molecule has 2 aromatic carbocycles. The monoisotopic (exact) mass is 409 g/mol. The molecule has 29 heavy (non-hydrogen) atoms. The molecule has 0 fully saturated rings. The average molecular weight is 409 g/mol. The Labute approximate surface area is 171 Å². The maximum absolute atomic E-state index is 12.0. The number of carbonyl (C=O) groups excluding carboxylic acids is 2. The summed E-state index contributed by atoms with van der Waals surface area (Å²) in [5, 5.41) is 20.0. The predicted octanol–water partition coefficient (Wildman–Crippen LogP) is 1.66. The van der Waals surface area contributed by atoms with Gasteiger partial charge in [0.1, 0.15) is 5.00 Å². The standard InChI is InChI=1S/C20H19N5O3S/c21-18(28)17-19(24-16(27)6-3-9-22-10-11-26)29-20(25-17)23-15-8-7-13-4-1-2-5-14(13)12-15/h1-2,4-5,7-8,12,22,26H,9-11H2,(H2,21,28)(H,23,25)(H,24,27). The second-order valence-electron chi connectivity index (χ2n) is 5.90. The maximum atomic E-state index is 12.0. The first-order valence-electron chi connectivity index (χ1n) is 8.74. The number of nitrogens with one attached hydrogen (secondary N) is 3. The van der Waals surface area contributed by atoms with Gasteiger partial charge in [0, 0.05) is 12.2 Å². The van der Waals surface area contributed by atoms with Crippen molar-refractivity contribution in [1.29, 1.82) is 0 Å². The molecule has 0 saturated heterocycles. The van der Waals surface area contributed by atoms with Crippen molar-refractivity contribution >= 4 is 49.7 Å². The van der Waals surface area contributed by atoms with Crippen LogP contribution in [0.25, 0.3) is 10.8 Å². The van der Waals surface area contributed by atoms with E-state index in [-0.39, 0.29) is 23.8 Å². The zero-order chi connectivity index (χ0) is 20.6. The van der Waals surface area contributed by atoms with Crippen LogP contribution >= 0.6 is 11.3 Å². The smallest absolute Gasteiger partial charge is 0.300 e. The number of aliphatic hydroxyl groups is 1. The number of fused-ring (bicyclic) bond motifs is 1. The van der Waals surface area contributed by atoms with Gasteiger partial charge in [-0.05, 0) is 28.8 Å². The number of primary amides is 1. The normalized spacial score (nSPS) is 10.2. The molecule has 8 nitrogen and oxygen atoms in total. The van der Waals surface area contributed by atoms with Crippen molar-refractivity contribution in [3.63, 3.8) is 0 Å². The summed E-state index contributed by atoms with van der Waals surface area (Å²) in [5.74, 6) is 3.68. The van der Waals surface area contributed by atoms with E-state index in [1.54, 1.807) is 0 Å². The zero-order valence-electron chi connectivity index (χ0n) is 15.4. The summed E-state index contributed by atoms with van der Waals surface area (Å²) >= 11 is 1.09. The van der Waals surface area contributed by atoms with Gasteiger partial charge >= 0.3 is 5.91 Å². The summed E-state index contributed by atoms with van der Waals surface area (Å²) in [6.07, 6.45) is 0. The molecular weight excluding hydrogens is 390 g/mol. The fourth-order valence-corrected chi connectivity index (χ4v) is 3.39. The minimum absolute atomic E-state index is 0.0102. The topological polar surface area (TPSA) is 129 Å². The van der Waals surface area contributed by atoms with Gasteiger partial charge in [-0.3, -0.25) is 9.59 Å². The van der Waals surface area contributed by atoms with Crippen LogP contribution in [0.15, 0.2) is 42.5 Å². The van der Waals surface area contributed by atoms with E-state index in [2.05, 4.69) is 32.8 Å². The Morgan fingerprint density at radius 3 is 2.72 bits per heavy atom. The van der Waals surface area contributed by atoms with Crippen molar-refractivity contribution in [3.05, 3.63) is 48.2 Å². The van der Waals surface area contributed by atoms with Gasteiger partial charge in [0.2, 0.25) is 0 Å². The minimum Gasteiger partial charge on any atom is -0.395 e. The van der Waals surface area contributed by atoms with Crippen molar-refractivity contribution in [2.75, 3.05) is 30.3 Å². The minimum atomic E-state index is -0.749. The van der Waals surface area contributed by atoms with Crippen LogP contribution in [0.2, 0.25) is 0 Å². The second-order valence-corrected chi connectivity index (χ2v) is 6.90. The van der Waals surface area contributed by atoms with Crippen molar-refractivity contribution < 1.29 is 14.7 Å². The highest BCUT2D eigenvalue weighted by Crippen LogP contribution is 2.31. The number of carbonyl (C=O) groups is 2. The Kier molecular flexibility index (Phi) is 6.76. The first kappa shape index (κ1) is 20.3. The van der Waals surface area contributed by atoms with Crippen LogP contribution < -0.4 is 21.7 Å². The van der Waals surface area contributed by atoms with E-state index in [1.165, 1.54) is 0 Å². The lowest BCUT2D eigenvalue weighted by molar-refractivity contribution is -0.111. The van der Waals surface area contributed by atoms with Crippen LogP contribution in [0.1, 0.15) is 10.5 Å². The van der Waals surface area contributed by atoms with E-state index in [4.69, 9.17) is 10.8 Å². The molecule has 3 aromatic rings. The Morgan fingerprint density at radius 2 is 1.97 bits per heavy atom. The Hall–Kier alpha value is -3.45. The molecule has 1 heterocycles. The number of thiazole rings is 1. The van der Waals surface area contributed by atoms with E-state index in [9.17, 15) is 9.59 Å². The molecule has 0 aliphatic heterocycles. The highest BCUT2D eigenvalue weighted by atomic mass is 32.1. The summed E-state index contributed by atoms with van der Waals surface area (Å²) < 4.78 is 0. The quantitative estimate of drug-likeness (QED) is 0.298. The third-order valence-corrected chi connectivity index (χ3v) is 4.68. The molecule has 2 amide bonds. The lowest BCUT2D eigenvalue weighted by atomic mass is 10.1. The van der Waals surface area contributed by atoms with Gasteiger partial charge in [0.25, 0.3) is 5.91 Å². The number of amides is 2. The number of nitrogens with two attached hydrogens (primary N) is 1. The third kappa shape index (κ3) is 5.52. The van der Waals surface area contributed by atoms with E-state index in [0.29, 0.717) is 11.7 Å². The van der Waals surface area contributed by atoms with Crippen LogP contribution in [-0.4, -0.2) is 41.6 Å². The van der Waals surface area contributed by atoms with Crippen molar-refractivity contribution in [2.45, 2.75) is 0 Å². The van der Waals surface area contributed by atoms with Crippen LogP contribution in [0.3, 0.4) is 0 Å². The molecule has 1 aromatic heterocycles. The Morgan fingerprint density at radius 1 is 1.17 bits per heavy atom. The van der Waals surface area contributed by atoms with Crippen molar-refractivity contribution in [1.82, 2.24) is 10.3 Å². The third-order valence-electron chi connectivity index (χ3n) is 3.79. The maximum Gasteiger partial charge on any atom is 0.300 e. The molecule has 0 saturated carbocycles. The molecule has 0 aliphatic carbocycles. The van der Waals surface area contributed by atoms with E-state index in [0.717, 1.165) is 27.8 Å². The lowest BCUT2D eigenvalue weighted by Gasteiger charge is -2.04. The largest absolute Gasteiger partial charge is 0.395 e. The Balaban J connectivity index is 1.73. The van der Waals surface area contributed by atoms with Gasteiger partial charge in [-0.1, -0.05) is 47.6 Å². The zero-order valence-corrected chi connectivity index (χ0v) is 16.2. The Bertz CT molecular complexity index is 1100. The number of nitrogens with zero attached hydrogens (tertiary/aromatic N) is 1. The molecule has 0 radical (unpaired) electrons. The van der Waals surface area contributed by atoms with Crippen molar-refractivity contribution in [3.8, 4) is 11.8 Å². The number of anilines is 3. The molecule has 0 aliphatic rings. The first-order valence-corrected chi connectivity index (χ1v) is 9.56. The highest BCUT2D eigenvalue weighted by Gasteiger charge is 2.17. The van der Waals surface area contributed by atoms with E-state index >= 15 is 0 Å². The summed E-state index contributed by atoms with van der Waals surface area (Å²) in [4.78, 5) is 27.9. The summed E-state index contributed by atoms with van der Waals surface area (Å²) in [5.41, 5.74) is 6.14. The van der Waals surface area contributed by atoms with Gasteiger partial charge in [0.05, 0.1) is 13.2 Å². The van der Waals surface area contributed by atoms with Gasteiger partial charge in [0.15, 0.2) is 10.8 Å². The SMILES string of the molecule is NC(=O)c1nc(Nc2ccc3ccccc3c2)sc1NC(=O)C#CCNCCO. The number of benzene rings is 2. The molecule has 0 bridgehead atoms. The first-order chi connectivity index (χ1) is 14.1. The number of aromatic nitrogens is 1. The van der Waals surface area contributed by atoms with Crippen LogP contribution in [0.4, 0.5) is 15.8 Å². The predicted molar refractivity (Wildman–Crippen MR) is 114 cm³/mol. The number of hydrogen-bond donors (Lipinski definition) is 5. The second kappa shape index (κ2) is 9.66. The van der Waals surface area contributed by atoms with Crippen LogP contribution in [0, 0.1) is 11.8 Å². The summed E-state index contributed by atoms with van der Waals surface area (Å²) in [6, 6.07) is 13.8. The number of rotatable bonds is 7. The fourth-order valence-electron chi connectivity index (χ4n) is 2.50.